The molecule has 16 heavy (non-hydrogen) atoms. The van der Waals surface area contributed by atoms with E-state index in [1.165, 1.54) is 0 Å². The third kappa shape index (κ3) is 2.54. The Morgan fingerprint density at radius 1 is 1.50 bits per heavy atom. The van der Waals surface area contributed by atoms with E-state index in [0.29, 0.717) is 6.61 Å². The minimum absolute atomic E-state index is 0.0542. The number of para-hydroxylation sites is 1. The van der Waals surface area contributed by atoms with Crippen molar-refractivity contribution in [1.29, 1.82) is 0 Å². The molecule has 88 valence electrons. The normalized spacial score (nSPS) is 22.0. The Hall–Kier alpha value is -1.06. The Morgan fingerprint density at radius 2 is 2.31 bits per heavy atom. The van der Waals surface area contributed by atoms with Crippen LogP contribution in [0.3, 0.4) is 0 Å². The van der Waals surface area contributed by atoms with Crippen LogP contribution in [0.15, 0.2) is 24.3 Å². The lowest BCUT2D eigenvalue weighted by molar-refractivity contribution is 0.140. The van der Waals surface area contributed by atoms with Gasteiger partial charge in [-0.15, -0.1) is 0 Å². The summed E-state index contributed by atoms with van der Waals surface area (Å²) in [5.74, 6) is 0.910. The number of rotatable bonds is 4. The minimum Gasteiger partial charge on any atom is -0.488 e. The molecule has 2 atom stereocenters. The second-order valence-electron chi connectivity index (χ2n) is 4.16. The van der Waals surface area contributed by atoms with Crippen molar-refractivity contribution >= 4 is 0 Å². The Labute approximate surface area is 96.5 Å². The smallest absolute Gasteiger partial charge is 0.124 e. The van der Waals surface area contributed by atoms with Gasteiger partial charge in [0.05, 0.1) is 13.2 Å². The van der Waals surface area contributed by atoms with Gasteiger partial charge < -0.3 is 15.2 Å². The lowest BCUT2D eigenvalue weighted by atomic mass is 10.0. The third-order valence-electron chi connectivity index (χ3n) is 2.94. The Balaban J connectivity index is 2.12. The first-order valence-electron chi connectivity index (χ1n) is 5.90. The Kier molecular flexibility index (Phi) is 3.80. The predicted octanol–water partition coefficient (Wildman–Crippen LogP) is 2.26. The van der Waals surface area contributed by atoms with Gasteiger partial charge in [0.1, 0.15) is 11.9 Å². The van der Waals surface area contributed by atoms with Gasteiger partial charge in [-0.2, -0.15) is 0 Å². The number of hydrogen-bond donors (Lipinski definition) is 1. The topological polar surface area (TPSA) is 44.5 Å². The van der Waals surface area contributed by atoms with Gasteiger partial charge in [0.25, 0.3) is 0 Å². The lowest BCUT2D eigenvalue weighted by Crippen LogP contribution is -2.18. The van der Waals surface area contributed by atoms with Crippen LogP contribution in [-0.4, -0.2) is 19.3 Å². The molecule has 1 saturated heterocycles. The molecule has 0 amide bonds. The van der Waals surface area contributed by atoms with Gasteiger partial charge in [-0.3, -0.25) is 0 Å². The van der Waals surface area contributed by atoms with Crippen molar-refractivity contribution < 1.29 is 9.47 Å². The van der Waals surface area contributed by atoms with E-state index < -0.39 is 0 Å². The van der Waals surface area contributed by atoms with Gasteiger partial charge in [0, 0.05) is 18.0 Å². The molecular weight excluding hydrogens is 202 g/mol. The van der Waals surface area contributed by atoms with Crippen LogP contribution in [0, 0.1) is 0 Å². The van der Waals surface area contributed by atoms with E-state index in [4.69, 9.17) is 15.2 Å². The molecule has 1 heterocycles. The van der Waals surface area contributed by atoms with Crippen LogP contribution >= 0.6 is 0 Å². The summed E-state index contributed by atoms with van der Waals surface area (Å²) < 4.78 is 11.2. The molecule has 2 N–H and O–H groups in total. The molecule has 1 fully saturated rings. The standard InChI is InChI=1S/C13H19NO2/c1-2-12(14)11-5-3-4-6-13(11)16-10-7-8-15-9-10/h3-6,10,12H,2,7-9,14H2,1H3. The van der Waals surface area contributed by atoms with E-state index in [2.05, 4.69) is 6.92 Å². The van der Waals surface area contributed by atoms with Gasteiger partial charge in [-0.1, -0.05) is 25.1 Å². The molecule has 3 heteroatoms. The molecule has 1 aromatic rings. The molecule has 0 aliphatic carbocycles. The summed E-state index contributed by atoms with van der Waals surface area (Å²) in [5.41, 5.74) is 7.15. The molecule has 1 aliphatic heterocycles. The molecule has 2 unspecified atom stereocenters. The van der Waals surface area contributed by atoms with E-state index in [1.807, 2.05) is 24.3 Å². The monoisotopic (exact) mass is 221 g/mol. The molecule has 0 spiro atoms. The van der Waals surface area contributed by atoms with Crippen LogP contribution in [0.4, 0.5) is 0 Å². The van der Waals surface area contributed by atoms with Gasteiger partial charge in [-0.05, 0) is 12.5 Å². The van der Waals surface area contributed by atoms with Crippen molar-refractivity contribution in [2.45, 2.75) is 31.9 Å². The largest absolute Gasteiger partial charge is 0.488 e. The van der Waals surface area contributed by atoms with Crippen molar-refractivity contribution in [3.8, 4) is 5.75 Å². The van der Waals surface area contributed by atoms with Crippen LogP contribution in [0.5, 0.6) is 5.75 Å². The van der Waals surface area contributed by atoms with Crippen LogP contribution < -0.4 is 10.5 Å². The van der Waals surface area contributed by atoms with Crippen molar-refractivity contribution in [3.05, 3.63) is 29.8 Å². The predicted molar refractivity (Wildman–Crippen MR) is 63.5 cm³/mol. The van der Waals surface area contributed by atoms with Crippen LogP contribution in [0.2, 0.25) is 0 Å². The molecule has 3 nitrogen and oxygen atoms in total. The average Bonchev–Trinajstić information content (AvgIpc) is 2.82. The molecule has 0 bridgehead atoms. The molecule has 0 aromatic heterocycles. The van der Waals surface area contributed by atoms with E-state index in [9.17, 15) is 0 Å². The van der Waals surface area contributed by atoms with E-state index >= 15 is 0 Å². The second kappa shape index (κ2) is 5.32. The van der Waals surface area contributed by atoms with E-state index in [1.54, 1.807) is 0 Å². The maximum atomic E-state index is 6.06. The second-order valence-corrected chi connectivity index (χ2v) is 4.16. The minimum atomic E-state index is 0.0542. The number of ether oxygens (including phenoxy) is 2. The first-order chi connectivity index (χ1) is 7.81. The summed E-state index contributed by atoms with van der Waals surface area (Å²) in [5, 5.41) is 0. The van der Waals surface area contributed by atoms with Gasteiger partial charge in [-0.25, -0.2) is 0 Å². The molecule has 2 rings (SSSR count). The summed E-state index contributed by atoms with van der Waals surface area (Å²) in [7, 11) is 0. The number of benzene rings is 1. The van der Waals surface area contributed by atoms with Crippen molar-refractivity contribution in [3.63, 3.8) is 0 Å². The summed E-state index contributed by atoms with van der Waals surface area (Å²) in [6, 6.07) is 8.07. The molecule has 1 aromatic carbocycles. The SMILES string of the molecule is CCC(N)c1ccccc1OC1CCOC1. The maximum absolute atomic E-state index is 6.06. The highest BCUT2D eigenvalue weighted by molar-refractivity contribution is 5.35. The fourth-order valence-electron chi connectivity index (χ4n) is 1.90. The zero-order valence-electron chi connectivity index (χ0n) is 9.69. The van der Waals surface area contributed by atoms with Gasteiger partial charge in [0.2, 0.25) is 0 Å². The average molecular weight is 221 g/mol. The zero-order valence-corrected chi connectivity index (χ0v) is 9.69. The van der Waals surface area contributed by atoms with Gasteiger partial charge in [0.15, 0.2) is 0 Å². The molecule has 0 saturated carbocycles. The van der Waals surface area contributed by atoms with Crippen molar-refractivity contribution in [1.82, 2.24) is 0 Å². The Bertz CT molecular complexity index is 334. The highest BCUT2D eigenvalue weighted by Gasteiger charge is 2.19. The number of nitrogens with two attached hydrogens (primary N) is 1. The van der Waals surface area contributed by atoms with Crippen LogP contribution in [-0.2, 0) is 4.74 Å². The van der Waals surface area contributed by atoms with E-state index in [-0.39, 0.29) is 12.1 Å². The highest BCUT2D eigenvalue weighted by Crippen LogP contribution is 2.27. The third-order valence-corrected chi connectivity index (χ3v) is 2.94. The summed E-state index contributed by atoms with van der Waals surface area (Å²) >= 11 is 0. The maximum Gasteiger partial charge on any atom is 0.124 e. The number of hydrogen-bond acceptors (Lipinski definition) is 3. The van der Waals surface area contributed by atoms with Crippen LogP contribution in [0.1, 0.15) is 31.4 Å². The molecule has 1 aliphatic rings. The summed E-state index contributed by atoms with van der Waals surface area (Å²) in [6.07, 6.45) is 2.07. The van der Waals surface area contributed by atoms with Crippen LogP contribution in [0.25, 0.3) is 0 Å². The summed E-state index contributed by atoms with van der Waals surface area (Å²) in [4.78, 5) is 0. The first-order valence-corrected chi connectivity index (χ1v) is 5.90. The van der Waals surface area contributed by atoms with Crippen molar-refractivity contribution in [2.24, 2.45) is 5.73 Å². The zero-order chi connectivity index (χ0) is 11.4. The Morgan fingerprint density at radius 3 is 3.00 bits per heavy atom. The van der Waals surface area contributed by atoms with Gasteiger partial charge >= 0.3 is 0 Å². The summed E-state index contributed by atoms with van der Waals surface area (Å²) in [6.45, 7) is 3.57. The first kappa shape index (κ1) is 11.4. The van der Waals surface area contributed by atoms with Crippen molar-refractivity contribution in [2.75, 3.05) is 13.2 Å². The molecular formula is C13H19NO2. The fourth-order valence-corrected chi connectivity index (χ4v) is 1.90. The molecule has 0 radical (unpaired) electrons. The lowest BCUT2D eigenvalue weighted by Gasteiger charge is -2.18. The highest BCUT2D eigenvalue weighted by atomic mass is 16.5. The van der Waals surface area contributed by atoms with E-state index in [0.717, 1.165) is 30.8 Å². The quantitative estimate of drug-likeness (QED) is 0.848. The fraction of sp³-hybridized carbons (Fsp3) is 0.538.